The first-order valence-electron chi connectivity index (χ1n) is 4.15. The highest BCUT2D eigenvalue weighted by Gasteiger charge is 2.26. The van der Waals surface area contributed by atoms with E-state index in [1.807, 2.05) is 20.8 Å². The Hall–Kier alpha value is -0.810. The van der Waals surface area contributed by atoms with Crippen LogP contribution in [0.5, 0.6) is 0 Å². The van der Waals surface area contributed by atoms with Gasteiger partial charge in [-0.15, -0.1) is 0 Å². The zero-order valence-corrected chi connectivity index (χ0v) is 8.32. The number of rotatable bonds is 3. The van der Waals surface area contributed by atoms with Gasteiger partial charge < -0.3 is 20.8 Å². The fraction of sp³-hybridized carbons (Fsp3) is 0.875. The van der Waals surface area contributed by atoms with Gasteiger partial charge in [0.25, 0.3) is 0 Å². The number of primary amides is 1. The molecule has 0 spiro atoms. The van der Waals surface area contributed by atoms with Crippen LogP contribution in [0.4, 0.5) is 4.79 Å². The van der Waals surface area contributed by atoms with Crippen molar-refractivity contribution in [2.45, 2.75) is 32.4 Å². The van der Waals surface area contributed by atoms with Crippen LogP contribution >= 0.6 is 0 Å². The number of nitrogens with zero attached hydrogens (tertiary/aromatic N) is 1. The van der Waals surface area contributed by atoms with Crippen molar-refractivity contribution in [2.75, 3.05) is 13.2 Å². The van der Waals surface area contributed by atoms with Crippen LogP contribution in [0.2, 0.25) is 0 Å². The monoisotopic (exact) mass is 190 g/mol. The van der Waals surface area contributed by atoms with Gasteiger partial charge in [0.2, 0.25) is 0 Å². The van der Waals surface area contributed by atoms with Gasteiger partial charge in [0, 0.05) is 5.54 Å². The number of β-amino-alcohol motifs (C(OH)–C–C–N with tert-alkyl or cyclic N) is 1. The van der Waals surface area contributed by atoms with Gasteiger partial charge in [-0.25, -0.2) is 4.79 Å². The van der Waals surface area contributed by atoms with Gasteiger partial charge in [0.1, 0.15) is 0 Å². The largest absolute Gasteiger partial charge is 0.394 e. The molecule has 0 aliphatic heterocycles. The molecule has 2 amide bonds. The van der Waals surface area contributed by atoms with Gasteiger partial charge in [-0.3, -0.25) is 0 Å². The first kappa shape index (κ1) is 12.2. The number of urea groups is 1. The van der Waals surface area contributed by atoms with Crippen molar-refractivity contribution in [3.63, 3.8) is 0 Å². The van der Waals surface area contributed by atoms with Crippen molar-refractivity contribution in [3.05, 3.63) is 0 Å². The van der Waals surface area contributed by atoms with Crippen LogP contribution in [0.25, 0.3) is 0 Å². The number of amides is 2. The topological polar surface area (TPSA) is 86.8 Å². The molecule has 0 aromatic rings. The number of carbonyl (C=O) groups is 1. The van der Waals surface area contributed by atoms with Crippen LogP contribution in [-0.2, 0) is 0 Å². The lowest BCUT2D eigenvalue weighted by molar-refractivity contribution is 0.0461. The molecule has 5 nitrogen and oxygen atoms in total. The molecule has 5 heteroatoms. The van der Waals surface area contributed by atoms with Gasteiger partial charge in [-0.1, -0.05) is 0 Å². The standard InChI is InChI=1S/C8H18N2O3/c1-8(2,3)10(7(9)13)4-6(12)5-11/h6,11-12H,4-5H2,1-3H3,(H2,9,13). The fourth-order valence-corrected chi connectivity index (χ4v) is 0.963. The minimum absolute atomic E-state index is 0.0509. The smallest absolute Gasteiger partial charge is 0.315 e. The van der Waals surface area contributed by atoms with E-state index in [1.165, 1.54) is 4.90 Å². The summed E-state index contributed by atoms with van der Waals surface area (Å²) in [6.45, 7) is 5.10. The Labute approximate surface area is 78.1 Å². The van der Waals surface area contributed by atoms with Crippen LogP contribution < -0.4 is 5.73 Å². The number of aliphatic hydroxyl groups is 2. The molecule has 0 saturated heterocycles. The third-order valence-electron chi connectivity index (χ3n) is 1.68. The maximum Gasteiger partial charge on any atom is 0.315 e. The van der Waals surface area contributed by atoms with Crippen molar-refractivity contribution in [3.8, 4) is 0 Å². The number of hydrogen-bond donors (Lipinski definition) is 3. The highest BCUT2D eigenvalue weighted by Crippen LogP contribution is 2.12. The van der Waals surface area contributed by atoms with Gasteiger partial charge in [0.05, 0.1) is 19.3 Å². The maximum atomic E-state index is 11.0. The Morgan fingerprint density at radius 3 is 2.23 bits per heavy atom. The van der Waals surface area contributed by atoms with E-state index in [0.717, 1.165) is 0 Å². The molecule has 1 unspecified atom stereocenters. The van der Waals surface area contributed by atoms with Gasteiger partial charge in [0.15, 0.2) is 0 Å². The highest BCUT2D eigenvalue weighted by atomic mass is 16.3. The first-order valence-corrected chi connectivity index (χ1v) is 4.15. The molecule has 0 aromatic carbocycles. The summed E-state index contributed by atoms with van der Waals surface area (Å²) in [6, 6.07) is -0.597. The molecule has 0 fully saturated rings. The first-order chi connectivity index (χ1) is 5.79. The maximum absolute atomic E-state index is 11.0. The van der Waals surface area contributed by atoms with Crippen LogP contribution in [0.3, 0.4) is 0 Å². The molecule has 0 aliphatic carbocycles. The predicted octanol–water partition coefficient (Wildman–Crippen LogP) is -0.481. The molecule has 4 N–H and O–H groups in total. The van der Waals surface area contributed by atoms with Crippen molar-refractivity contribution in [1.29, 1.82) is 0 Å². The summed E-state index contributed by atoms with van der Waals surface area (Å²) in [6.07, 6.45) is -0.938. The fourth-order valence-electron chi connectivity index (χ4n) is 0.963. The molecular formula is C8H18N2O3. The van der Waals surface area contributed by atoms with Gasteiger partial charge in [-0.05, 0) is 20.8 Å². The van der Waals surface area contributed by atoms with E-state index in [-0.39, 0.29) is 13.2 Å². The van der Waals surface area contributed by atoms with E-state index in [2.05, 4.69) is 0 Å². The minimum Gasteiger partial charge on any atom is -0.394 e. The van der Waals surface area contributed by atoms with E-state index in [9.17, 15) is 4.79 Å². The molecule has 13 heavy (non-hydrogen) atoms. The summed E-state index contributed by atoms with van der Waals surface area (Å²) in [5.74, 6) is 0. The molecule has 78 valence electrons. The summed E-state index contributed by atoms with van der Waals surface area (Å²) >= 11 is 0. The predicted molar refractivity (Wildman–Crippen MR) is 49.1 cm³/mol. The molecular weight excluding hydrogens is 172 g/mol. The van der Waals surface area contributed by atoms with E-state index in [4.69, 9.17) is 15.9 Å². The Balaban J connectivity index is 4.37. The van der Waals surface area contributed by atoms with E-state index in [1.54, 1.807) is 0 Å². The van der Waals surface area contributed by atoms with E-state index >= 15 is 0 Å². The Kier molecular flexibility index (Phi) is 4.16. The summed E-state index contributed by atoms with van der Waals surface area (Å²) < 4.78 is 0. The number of carbonyl (C=O) groups excluding carboxylic acids is 1. The molecule has 1 atom stereocenters. The Morgan fingerprint density at radius 1 is 1.54 bits per heavy atom. The summed E-state index contributed by atoms with van der Waals surface area (Å²) in [5.41, 5.74) is 4.68. The second-order valence-electron chi connectivity index (χ2n) is 3.96. The minimum atomic E-state index is -0.938. The van der Waals surface area contributed by atoms with Crippen molar-refractivity contribution in [1.82, 2.24) is 4.90 Å². The summed E-state index contributed by atoms with van der Waals surface area (Å²) in [4.78, 5) is 12.3. The van der Waals surface area contributed by atoms with Crippen molar-refractivity contribution in [2.24, 2.45) is 5.73 Å². The summed E-state index contributed by atoms with van der Waals surface area (Å²) in [7, 11) is 0. The summed E-state index contributed by atoms with van der Waals surface area (Å²) in [5, 5.41) is 17.7. The lowest BCUT2D eigenvalue weighted by atomic mass is 10.1. The molecule has 0 rings (SSSR count). The molecule has 0 heterocycles. The lowest BCUT2D eigenvalue weighted by Gasteiger charge is -2.35. The quantitative estimate of drug-likeness (QED) is 0.561. The van der Waals surface area contributed by atoms with Gasteiger partial charge >= 0.3 is 6.03 Å². The molecule has 0 bridgehead atoms. The normalized spacial score (nSPS) is 13.9. The van der Waals surface area contributed by atoms with E-state index < -0.39 is 17.7 Å². The van der Waals surface area contributed by atoms with Crippen LogP contribution in [0.1, 0.15) is 20.8 Å². The number of hydrogen-bond acceptors (Lipinski definition) is 3. The molecule has 0 aromatic heterocycles. The zero-order chi connectivity index (χ0) is 10.6. The van der Waals surface area contributed by atoms with Crippen LogP contribution in [0, 0.1) is 0 Å². The van der Waals surface area contributed by atoms with Crippen molar-refractivity contribution >= 4 is 6.03 Å². The average molecular weight is 190 g/mol. The SMILES string of the molecule is CC(C)(C)N(CC(O)CO)C(N)=O. The zero-order valence-electron chi connectivity index (χ0n) is 8.32. The van der Waals surface area contributed by atoms with Crippen LogP contribution in [0.15, 0.2) is 0 Å². The van der Waals surface area contributed by atoms with Gasteiger partial charge in [-0.2, -0.15) is 0 Å². The van der Waals surface area contributed by atoms with E-state index in [0.29, 0.717) is 0 Å². The third kappa shape index (κ3) is 4.10. The molecule has 0 saturated carbocycles. The average Bonchev–Trinajstić information content (AvgIpc) is 1.96. The third-order valence-corrected chi connectivity index (χ3v) is 1.68. The Morgan fingerprint density at radius 2 is 2.00 bits per heavy atom. The second-order valence-corrected chi connectivity index (χ2v) is 3.96. The number of nitrogens with two attached hydrogens (primary N) is 1. The lowest BCUT2D eigenvalue weighted by Crippen LogP contribution is -2.52. The van der Waals surface area contributed by atoms with Crippen molar-refractivity contribution < 1.29 is 15.0 Å². The molecule has 0 aliphatic rings. The Bertz CT molecular complexity index is 177. The van der Waals surface area contributed by atoms with Crippen LogP contribution in [-0.4, -0.2) is 45.9 Å². The second kappa shape index (κ2) is 4.43. The molecule has 0 radical (unpaired) electrons. The number of aliphatic hydroxyl groups excluding tert-OH is 2. The highest BCUT2D eigenvalue weighted by molar-refractivity contribution is 5.72.